The third-order valence-electron chi connectivity index (χ3n) is 3.14. The second-order valence-corrected chi connectivity index (χ2v) is 5.92. The number of carboxylic acids is 1. The molecule has 0 bridgehead atoms. The van der Waals surface area contributed by atoms with Crippen LogP contribution in [0.1, 0.15) is 22.3 Å². The summed E-state index contributed by atoms with van der Waals surface area (Å²) in [5.41, 5.74) is 4.07. The van der Waals surface area contributed by atoms with E-state index in [9.17, 15) is 4.79 Å². The number of benzene rings is 2. The highest BCUT2D eigenvalue weighted by molar-refractivity contribution is 9.10. The van der Waals surface area contributed by atoms with Crippen LogP contribution < -0.4 is 4.74 Å². The van der Waals surface area contributed by atoms with Gasteiger partial charge in [-0.25, -0.2) is 0 Å². The van der Waals surface area contributed by atoms with E-state index < -0.39 is 5.97 Å². The number of rotatable bonds is 5. The molecule has 0 amide bonds. The quantitative estimate of drug-likeness (QED) is 0.877. The Kier molecular flexibility index (Phi) is 5.02. The zero-order chi connectivity index (χ0) is 15.4. The lowest BCUT2D eigenvalue weighted by molar-refractivity contribution is -0.136. The molecule has 2 aromatic carbocycles. The zero-order valence-corrected chi connectivity index (χ0v) is 13.6. The molecule has 0 aliphatic rings. The number of carbonyl (C=O) groups is 1. The van der Waals surface area contributed by atoms with Crippen molar-refractivity contribution in [2.24, 2.45) is 0 Å². The minimum absolute atomic E-state index is 0.0454. The van der Waals surface area contributed by atoms with E-state index in [1.807, 2.05) is 44.2 Å². The van der Waals surface area contributed by atoms with E-state index in [-0.39, 0.29) is 6.42 Å². The van der Waals surface area contributed by atoms with Crippen LogP contribution in [0.5, 0.6) is 5.75 Å². The lowest BCUT2D eigenvalue weighted by atomic mass is 10.1. The molecule has 2 aromatic rings. The molecule has 0 aliphatic carbocycles. The largest absolute Gasteiger partial charge is 0.487 e. The van der Waals surface area contributed by atoms with Crippen LogP contribution in [0.25, 0.3) is 0 Å². The van der Waals surface area contributed by atoms with Crippen LogP contribution in [-0.4, -0.2) is 11.1 Å². The van der Waals surface area contributed by atoms with E-state index in [1.54, 1.807) is 0 Å². The molecule has 0 fully saturated rings. The molecule has 1 N–H and O–H groups in total. The Labute approximate surface area is 132 Å². The molecule has 0 saturated heterocycles. The van der Waals surface area contributed by atoms with Gasteiger partial charge < -0.3 is 9.84 Å². The Morgan fingerprint density at radius 1 is 1.14 bits per heavy atom. The number of ether oxygens (including phenoxy) is 1. The molecular formula is C17H17BrO3. The molecular weight excluding hydrogens is 332 g/mol. The number of aliphatic carboxylic acids is 1. The predicted molar refractivity (Wildman–Crippen MR) is 85.7 cm³/mol. The normalized spacial score (nSPS) is 10.4. The van der Waals surface area contributed by atoms with E-state index >= 15 is 0 Å². The van der Waals surface area contributed by atoms with E-state index in [2.05, 4.69) is 22.0 Å². The fourth-order valence-corrected chi connectivity index (χ4v) is 2.96. The van der Waals surface area contributed by atoms with Gasteiger partial charge in [-0.05, 0) is 58.1 Å². The van der Waals surface area contributed by atoms with Gasteiger partial charge in [-0.15, -0.1) is 0 Å². The molecule has 0 radical (unpaired) electrons. The second kappa shape index (κ2) is 6.76. The van der Waals surface area contributed by atoms with Gasteiger partial charge in [0.1, 0.15) is 12.4 Å². The van der Waals surface area contributed by atoms with Gasteiger partial charge >= 0.3 is 5.97 Å². The maximum Gasteiger partial charge on any atom is 0.307 e. The molecule has 0 atom stereocenters. The van der Waals surface area contributed by atoms with E-state index in [4.69, 9.17) is 9.84 Å². The van der Waals surface area contributed by atoms with Crippen LogP contribution in [0, 0.1) is 13.8 Å². The lowest BCUT2D eigenvalue weighted by Gasteiger charge is -2.12. The van der Waals surface area contributed by atoms with Crippen molar-refractivity contribution >= 4 is 21.9 Å². The summed E-state index contributed by atoms with van der Waals surface area (Å²) in [6.07, 6.45) is 0.0454. The lowest BCUT2D eigenvalue weighted by Crippen LogP contribution is -2.01. The van der Waals surface area contributed by atoms with Crippen molar-refractivity contribution in [3.63, 3.8) is 0 Å². The van der Waals surface area contributed by atoms with Gasteiger partial charge in [0.15, 0.2) is 0 Å². The van der Waals surface area contributed by atoms with Crippen LogP contribution in [0.15, 0.2) is 40.9 Å². The van der Waals surface area contributed by atoms with Crippen molar-refractivity contribution in [3.05, 3.63) is 63.1 Å². The summed E-state index contributed by atoms with van der Waals surface area (Å²) < 4.78 is 6.81. The van der Waals surface area contributed by atoms with Crippen LogP contribution >= 0.6 is 15.9 Å². The third-order valence-corrected chi connectivity index (χ3v) is 3.72. The zero-order valence-electron chi connectivity index (χ0n) is 12.0. The number of hydrogen-bond acceptors (Lipinski definition) is 2. The molecule has 2 rings (SSSR count). The summed E-state index contributed by atoms with van der Waals surface area (Å²) in [4.78, 5) is 10.6. The Bertz CT molecular complexity index is 625. The minimum atomic E-state index is -0.821. The monoisotopic (exact) mass is 348 g/mol. The molecule has 110 valence electrons. The van der Waals surface area contributed by atoms with Crippen LogP contribution in [0.4, 0.5) is 0 Å². The van der Waals surface area contributed by atoms with Gasteiger partial charge in [0, 0.05) is 0 Å². The second-order valence-electron chi connectivity index (χ2n) is 5.07. The number of hydrogen-bond donors (Lipinski definition) is 1. The summed E-state index contributed by atoms with van der Waals surface area (Å²) in [5.74, 6) is 0.0217. The summed E-state index contributed by atoms with van der Waals surface area (Å²) in [5, 5.41) is 8.74. The maximum absolute atomic E-state index is 10.6. The predicted octanol–water partition coefficient (Wildman–Crippen LogP) is 4.27. The molecule has 0 unspecified atom stereocenters. The molecule has 0 saturated carbocycles. The van der Waals surface area contributed by atoms with Crippen molar-refractivity contribution < 1.29 is 14.6 Å². The molecule has 0 heterocycles. The van der Waals surface area contributed by atoms with Crippen molar-refractivity contribution in [1.82, 2.24) is 0 Å². The first-order chi connectivity index (χ1) is 9.95. The first-order valence-corrected chi connectivity index (χ1v) is 7.44. The van der Waals surface area contributed by atoms with E-state index in [1.165, 1.54) is 5.56 Å². The van der Waals surface area contributed by atoms with Crippen molar-refractivity contribution in [1.29, 1.82) is 0 Å². The molecule has 0 aromatic heterocycles. The van der Waals surface area contributed by atoms with Gasteiger partial charge in [0.25, 0.3) is 0 Å². The third kappa shape index (κ3) is 4.33. The number of aryl methyl sites for hydroxylation is 2. The highest BCUT2D eigenvalue weighted by Crippen LogP contribution is 2.30. The highest BCUT2D eigenvalue weighted by atomic mass is 79.9. The van der Waals surface area contributed by atoms with Gasteiger partial charge in [-0.1, -0.05) is 30.3 Å². The smallest absolute Gasteiger partial charge is 0.307 e. The van der Waals surface area contributed by atoms with Gasteiger partial charge in [-0.3, -0.25) is 4.79 Å². The first kappa shape index (κ1) is 15.6. The van der Waals surface area contributed by atoms with Crippen molar-refractivity contribution in [2.45, 2.75) is 26.9 Å². The molecule has 21 heavy (non-hydrogen) atoms. The van der Waals surface area contributed by atoms with Gasteiger partial charge in [0.05, 0.1) is 10.9 Å². The summed E-state index contributed by atoms with van der Waals surface area (Å²) >= 11 is 3.52. The van der Waals surface area contributed by atoms with Crippen LogP contribution in [0.3, 0.4) is 0 Å². The van der Waals surface area contributed by atoms with Crippen molar-refractivity contribution in [2.75, 3.05) is 0 Å². The fraction of sp³-hybridized carbons (Fsp3) is 0.235. The minimum Gasteiger partial charge on any atom is -0.487 e. The first-order valence-electron chi connectivity index (χ1n) is 6.65. The SMILES string of the molecule is Cc1cc(C)c(OCc2ccc(CC(=O)O)cc2)c(Br)c1. The molecule has 0 spiro atoms. The molecule has 4 heteroatoms. The van der Waals surface area contributed by atoms with E-state index in [0.717, 1.165) is 26.9 Å². The fourth-order valence-electron chi connectivity index (χ4n) is 2.17. The van der Waals surface area contributed by atoms with E-state index in [0.29, 0.717) is 6.61 Å². The van der Waals surface area contributed by atoms with Crippen molar-refractivity contribution in [3.8, 4) is 5.75 Å². The van der Waals surface area contributed by atoms with Gasteiger partial charge in [-0.2, -0.15) is 0 Å². The average molecular weight is 349 g/mol. The topological polar surface area (TPSA) is 46.5 Å². The molecule has 3 nitrogen and oxygen atoms in total. The van der Waals surface area contributed by atoms with Gasteiger partial charge in [0.2, 0.25) is 0 Å². The standard InChI is InChI=1S/C17H17BrO3/c1-11-7-12(2)17(15(18)8-11)21-10-14-5-3-13(4-6-14)9-16(19)20/h3-8H,9-10H2,1-2H3,(H,19,20). The number of halogens is 1. The Hall–Kier alpha value is -1.81. The summed E-state index contributed by atoms with van der Waals surface area (Å²) in [7, 11) is 0. The Balaban J connectivity index is 2.05. The average Bonchev–Trinajstić information content (AvgIpc) is 2.38. The summed E-state index contributed by atoms with van der Waals surface area (Å²) in [6.45, 7) is 4.52. The Morgan fingerprint density at radius 2 is 1.76 bits per heavy atom. The Morgan fingerprint density at radius 3 is 2.33 bits per heavy atom. The number of carboxylic acid groups (broad SMARTS) is 1. The van der Waals surface area contributed by atoms with Crippen LogP contribution in [-0.2, 0) is 17.8 Å². The molecule has 0 aliphatic heterocycles. The van der Waals surface area contributed by atoms with Crippen LogP contribution in [0.2, 0.25) is 0 Å². The summed E-state index contributed by atoms with van der Waals surface area (Å²) in [6, 6.07) is 11.5. The maximum atomic E-state index is 10.6. The highest BCUT2D eigenvalue weighted by Gasteiger charge is 2.07.